The normalized spacial score (nSPS) is 10.6. The van der Waals surface area contributed by atoms with Gasteiger partial charge >= 0.3 is 0 Å². The van der Waals surface area contributed by atoms with Gasteiger partial charge in [-0.15, -0.1) is 10.2 Å². The molecule has 0 radical (unpaired) electrons. The molecule has 1 aromatic heterocycles. The smallest absolute Gasteiger partial charge is 0.250 e. The molecule has 1 aromatic carbocycles. The number of anilines is 1. The molecule has 0 saturated heterocycles. The van der Waals surface area contributed by atoms with Crippen LogP contribution in [0.25, 0.3) is 6.08 Å². The van der Waals surface area contributed by atoms with Crippen molar-refractivity contribution in [3.8, 4) is 0 Å². The summed E-state index contributed by atoms with van der Waals surface area (Å²) in [6, 6.07) is 7.67. The highest BCUT2D eigenvalue weighted by molar-refractivity contribution is 9.10. The summed E-state index contributed by atoms with van der Waals surface area (Å²) in [5.74, 6) is -0.218. The van der Waals surface area contributed by atoms with Gasteiger partial charge in [0.1, 0.15) is 5.51 Å². The van der Waals surface area contributed by atoms with Crippen LogP contribution in [0.4, 0.5) is 5.13 Å². The second kappa shape index (κ2) is 5.70. The van der Waals surface area contributed by atoms with Gasteiger partial charge < -0.3 is 0 Å². The predicted octanol–water partition coefficient (Wildman–Crippen LogP) is 2.95. The van der Waals surface area contributed by atoms with Crippen LogP contribution in [0, 0.1) is 0 Å². The van der Waals surface area contributed by atoms with E-state index in [0.29, 0.717) is 5.13 Å². The number of carbonyl (C=O) groups is 1. The molecule has 2 rings (SSSR count). The molecule has 0 aliphatic carbocycles. The van der Waals surface area contributed by atoms with Gasteiger partial charge in [-0.3, -0.25) is 10.1 Å². The number of hydrogen-bond acceptors (Lipinski definition) is 4. The third-order valence-electron chi connectivity index (χ3n) is 1.89. The van der Waals surface area contributed by atoms with Crippen LogP contribution in [0.3, 0.4) is 0 Å². The minimum Gasteiger partial charge on any atom is -0.297 e. The maximum absolute atomic E-state index is 11.5. The Morgan fingerprint density at radius 1 is 1.35 bits per heavy atom. The fraction of sp³-hybridized carbons (Fsp3) is 0. The van der Waals surface area contributed by atoms with Crippen molar-refractivity contribution in [3.05, 3.63) is 45.9 Å². The SMILES string of the molecule is O=C(/C=C/c1ccc(Br)cc1)Nc1nncs1. The minimum atomic E-state index is -0.218. The number of rotatable bonds is 3. The molecule has 0 spiro atoms. The topological polar surface area (TPSA) is 54.9 Å². The summed E-state index contributed by atoms with van der Waals surface area (Å²) in [4.78, 5) is 11.5. The zero-order valence-corrected chi connectivity index (χ0v) is 11.0. The van der Waals surface area contributed by atoms with E-state index in [9.17, 15) is 4.79 Å². The summed E-state index contributed by atoms with van der Waals surface area (Å²) in [7, 11) is 0. The van der Waals surface area contributed by atoms with Gasteiger partial charge in [0, 0.05) is 10.5 Å². The van der Waals surface area contributed by atoms with Crippen LogP contribution in [0.15, 0.2) is 40.3 Å². The molecule has 0 saturated carbocycles. The Kier molecular flexibility index (Phi) is 4.00. The average Bonchev–Trinajstić information content (AvgIpc) is 2.81. The Hall–Kier alpha value is -1.53. The summed E-state index contributed by atoms with van der Waals surface area (Å²) in [5.41, 5.74) is 2.52. The molecule has 2 aromatic rings. The maximum Gasteiger partial charge on any atom is 0.250 e. The first kappa shape index (κ1) is 11.9. The van der Waals surface area contributed by atoms with Crippen molar-refractivity contribution in [2.45, 2.75) is 0 Å². The highest BCUT2D eigenvalue weighted by Crippen LogP contribution is 2.12. The number of nitrogens with zero attached hydrogens (tertiary/aromatic N) is 2. The lowest BCUT2D eigenvalue weighted by Gasteiger charge is -1.95. The van der Waals surface area contributed by atoms with Crippen LogP contribution in [0.2, 0.25) is 0 Å². The van der Waals surface area contributed by atoms with Gasteiger partial charge in [0.25, 0.3) is 0 Å². The Bertz CT molecular complexity index is 522. The summed E-state index contributed by atoms with van der Waals surface area (Å²) in [6.07, 6.45) is 3.20. The molecule has 0 aliphatic heterocycles. The third kappa shape index (κ3) is 3.76. The maximum atomic E-state index is 11.5. The van der Waals surface area contributed by atoms with Gasteiger partial charge in [0.05, 0.1) is 0 Å². The number of carbonyl (C=O) groups excluding carboxylic acids is 1. The van der Waals surface area contributed by atoms with Crippen molar-refractivity contribution in [3.63, 3.8) is 0 Å². The number of hydrogen-bond donors (Lipinski definition) is 1. The van der Waals surface area contributed by atoms with E-state index in [1.165, 1.54) is 17.4 Å². The number of nitrogens with one attached hydrogen (secondary N) is 1. The molecule has 0 atom stereocenters. The first-order chi connectivity index (χ1) is 8.24. The lowest BCUT2D eigenvalue weighted by atomic mass is 10.2. The van der Waals surface area contributed by atoms with Crippen molar-refractivity contribution < 1.29 is 4.79 Å². The molecule has 1 heterocycles. The van der Waals surface area contributed by atoms with Crippen LogP contribution in [-0.4, -0.2) is 16.1 Å². The molecule has 17 heavy (non-hydrogen) atoms. The summed E-state index contributed by atoms with van der Waals surface area (Å²) < 4.78 is 1.01. The number of amides is 1. The number of benzene rings is 1. The van der Waals surface area contributed by atoms with E-state index in [-0.39, 0.29) is 5.91 Å². The van der Waals surface area contributed by atoms with Crippen LogP contribution in [-0.2, 0) is 4.79 Å². The zero-order chi connectivity index (χ0) is 12.1. The van der Waals surface area contributed by atoms with Crippen LogP contribution < -0.4 is 5.32 Å². The van der Waals surface area contributed by atoms with Crippen LogP contribution in [0.5, 0.6) is 0 Å². The van der Waals surface area contributed by atoms with E-state index in [0.717, 1.165) is 10.0 Å². The third-order valence-corrected chi connectivity index (χ3v) is 3.02. The van der Waals surface area contributed by atoms with E-state index >= 15 is 0 Å². The van der Waals surface area contributed by atoms with Crippen LogP contribution in [0.1, 0.15) is 5.56 Å². The molecule has 1 N–H and O–H groups in total. The van der Waals surface area contributed by atoms with Gasteiger partial charge in [-0.05, 0) is 23.8 Å². The highest BCUT2D eigenvalue weighted by atomic mass is 79.9. The Morgan fingerprint density at radius 2 is 2.12 bits per heavy atom. The summed E-state index contributed by atoms with van der Waals surface area (Å²) >= 11 is 4.63. The second-order valence-corrected chi connectivity index (χ2v) is 4.87. The fourth-order valence-corrected chi connectivity index (χ4v) is 1.83. The fourth-order valence-electron chi connectivity index (χ4n) is 1.12. The second-order valence-electron chi connectivity index (χ2n) is 3.12. The zero-order valence-electron chi connectivity index (χ0n) is 8.63. The molecule has 0 unspecified atom stereocenters. The molecule has 86 valence electrons. The molecule has 4 nitrogen and oxygen atoms in total. The van der Waals surface area contributed by atoms with Crippen molar-refractivity contribution in [2.24, 2.45) is 0 Å². The van der Waals surface area contributed by atoms with Gasteiger partial charge in [-0.2, -0.15) is 0 Å². The van der Waals surface area contributed by atoms with Gasteiger partial charge in [0.15, 0.2) is 0 Å². The van der Waals surface area contributed by atoms with Crippen molar-refractivity contribution in [1.29, 1.82) is 0 Å². The standard InChI is InChI=1S/C11H8BrN3OS/c12-9-4-1-8(2-5-9)3-6-10(16)14-11-15-13-7-17-11/h1-7H,(H,14,15,16)/b6-3+. The van der Waals surface area contributed by atoms with Crippen molar-refractivity contribution in [1.82, 2.24) is 10.2 Å². The van der Waals surface area contributed by atoms with E-state index < -0.39 is 0 Å². The van der Waals surface area contributed by atoms with Crippen LogP contribution >= 0.6 is 27.3 Å². The monoisotopic (exact) mass is 309 g/mol. The van der Waals surface area contributed by atoms with E-state index in [1.54, 1.807) is 11.6 Å². The number of aromatic nitrogens is 2. The highest BCUT2D eigenvalue weighted by Gasteiger charge is 1.99. The van der Waals surface area contributed by atoms with E-state index in [1.807, 2.05) is 24.3 Å². The van der Waals surface area contributed by atoms with Crippen molar-refractivity contribution in [2.75, 3.05) is 5.32 Å². The predicted molar refractivity (Wildman–Crippen MR) is 71.7 cm³/mol. The molecule has 0 fully saturated rings. The summed E-state index contributed by atoms with van der Waals surface area (Å²) in [5, 5.41) is 10.5. The van der Waals surface area contributed by atoms with E-state index in [4.69, 9.17) is 0 Å². The Morgan fingerprint density at radius 3 is 2.76 bits per heavy atom. The lowest BCUT2D eigenvalue weighted by molar-refractivity contribution is -0.111. The van der Waals surface area contributed by atoms with Crippen molar-refractivity contribution >= 4 is 44.4 Å². The minimum absolute atomic E-state index is 0.218. The Labute approximate surface area is 111 Å². The number of halogens is 1. The van der Waals surface area contributed by atoms with Gasteiger partial charge in [0.2, 0.25) is 11.0 Å². The largest absolute Gasteiger partial charge is 0.297 e. The lowest BCUT2D eigenvalue weighted by Crippen LogP contribution is -2.07. The first-order valence-corrected chi connectivity index (χ1v) is 6.42. The molecular formula is C11H8BrN3OS. The van der Waals surface area contributed by atoms with E-state index in [2.05, 4.69) is 31.4 Å². The quantitative estimate of drug-likeness (QED) is 0.887. The molecule has 0 aliphatic rings. The van der Waals surface area contributed by atoms with Gasteiger partial charge in [-0.25, -0.2) is 0 Å². The Balaban J connectivity index is 1.96. The summed E-state index contributed by atoms with van der Waals surface area (Å²) in [6.45, 7) is 0. The molecular weight excluding hydrogens is 302 g/mol. The molecule has 1 amide bonds. The van der Waals surface area contributed by atoms with Gasteiger partial charge in [-0.1, -0.05) is 39.4 Å². The molecule has 6 heteroatoms. The molecule has 0 bridgehead atoms. The first-order valence-electron chi connectivity index (χ1n) is 4.75. The average molecular weight is 310 g/mol.